The number of ether oxygens (including phenoxy) is 1. The van der Waals surface area contributed by atoms with Crippen molar-refractivity contribution >= 4 is 28.2 Å². The van der Waals surface area contributed by atoms with E-state index in [-0.39, 0.29) is 18.8 Å². The molecule has 0 radical (unpaired) electrons. The fourth-order valence-corrected chi connectivity index (χ4v) is 2.68. The van der Waals surface area contributed by atoms with Crippen LogP contribution in [0, 0.1) is 10.1 Å². The summed E-state index contributed by atoms with van der Waals surface area (Å²) >= 11 is 6.05. The van der Waals surface area contributed by atoms with Crippen LogP contribution in [-0.4, -0.2) is 32.5 Å². The first-order chi connectivity index (χ1) is 12.0. The van der Waals surface area contributed by atoms with E-state index in [4.69, 9.17) is 16.3 Å². The average Bonchev–Trinajstić information content (AvgIpc) is 2.98. The van der Waals surface area contributed by atoms with Gasteiger partial charge in [0.1, 0.15) is 0 Å². The lowest BCUT2D eigenvalue weighted by atomic mass is 10.2. The monoisotopic (exact) mass is 361 g/mol. The van der Waals surface area contributed by atoms with Crippen molar-refractivity contribution in [2.75, 3.05) is 6.61 Å². The first-order valence-electron chi connectivity index (χ1n) is 7.64. The third-order valence-electron chi connectivity index (χ3n) is 3.75. The SMILES string of the molecule is O=[N+]([O-])c1ccc2cnn(C[C@@H](O)COCc3ccccc3Cl)c2c1. The number of hydrogen-bond acceptors (Lipinski definition) is 5. The molecule has 3 rings (SSSR count). The molecule has 8 heteroatoms. The van der Waals surface area contributed by atoms with Crippen molar-refractivity contribution in [3.8, 4) is 0 Å². The van der Waals surface area contributed by atoms with Crippen LogP contribution in [0.25, 0.3) is 10.9 Å². The van der Waals surface area contributed by atoms with E-state index in [9.17, 15) is 15.2 Å². The van der Waals surface area contributed by atoms with Crippen LogP contribution in [0.3, 0.4) is 0 Å². The Kier molecular flexibility index (Phi) is 5.28. The maximum Gasteiger partial charge on any atom is 0.271 e. The number of aromatic nitrogens is 2. The topological polar surface area (TPSA) is 90.4 Å². The zero-order valence-corrected chi connectivity index (χ0v) is 14.0. The number of rotatable bonds is 7. The number of hydrogen-bond donors (Lipinski definition) is 1. The summed E-state index contributed by atoms with van der Waals surface area (Å²) in [6.45, 7) is 0.566. The van der Waals surface area contributed by atoms with Crippen LogP contribution in [-0.2, 0) is 17.9 Å². The summed E-state index contributed by atoms with van der Waals surface area (Å²) in [7, 11) is 0. The van der Waals surface area contributed by atoms with Crippen molar-refractivity contribution in [3.05, 3.63) is 69.4 Å². The molecule has 7 nitrogen and oxygen atoms in total. The third kappa shape index (κ3) is 4.14. The van der Waals surface area contributed by atoms with Crippen molar-refractivity contribution in [3.63, 3.8) is 0 Å². The second kappa shape index (κ2) is 7.60. The van der Waals surface area contributed by atoms with Crippen molar-refractivity contribution < 1.29 is 14.8 Å². The molecule has 0 amide bonds. The Morgan fingerprint density at radius 2 is 2.12 bits per heavy atom. The standard InChI is InChI=1S/C17H16ClN3O4/c18-16-4-2-1-3-13(16)10-25-11-15(22)9-20-17-7-14(21(23)24)6-5-12(17)8-19-20/h1-8,15,22H,9-11H2/t15-/m1/s1. The van der Waals surface area contributed by atoms with Gasteiger partial charge in [-0.2, -0.15) is 5.10 Å². The quantitative estimate of drug-likeness (QED) is 0.515. The number of aliphatic hydroxyl groups is 1. The Hall–Kier alpha value is -2.48. The molecule has 1 heterocycles. The van der Waals surface area contributed by atoms with Gasteiger partial charge in [0.05, 0.1) is 42.5 Å². The zero-order chi connectivity index (χ0) is 17.8. The van der Waals surface area contributed by atoms with E-state index in [1.165, 1.54) is 16.8 Å². The van der Waals surface area contributed by atoms with Crippen LogP contribution >= 0.6 is 11.6 Å². The minimum absolute atomic E-state index is 0.0151. The molecule has 25 heavy (non-hydrogen) atoms. The van der Waals surface area contributed by atoms with Gasteiger partial charge in [0, 0.05) is 22.5 Å². The maximum atomic E-state index is 10.9. The van der Waals surface area contributed by atoms with Gasteiger partial charge >= 0.3 is 0 Å². The Bertz CT molecular complexity index is 896. The molecular weight excluding hydrogens is 346 g/mol. The summed E-state index contributed by atoms with van der Waals surface area (Å²) in [5, 5.41) is 26.6. The van der Waals surface area contributed by atoms with E-state index in [2.05, 4.69) is 5.10 Å². The van der Waals surface area contributed by atoms with Crippen LogP contribution in [0.15, 0.2) is 48.7 Å². The highest BCUT2D eigenvalue weighted by atomic mass is 35.5. The molecule has 0 bridgehead atoms. The van der Waals surface area contributed by atoms with E-state index in [0.717, 1.165) is 10.9 Å². The summed E-state index contributed by atoms with van der Waals surface area (Å²) in [6.07, 6.45) is 0.806. The smallest absolute Gasteiger partial charge is 0.271 e. The fraction of sp³-hybridized carbons (Fsp3) is 0.235. The Balaban J connectivity index is 1.62. The molecule has 2 aromatic carbocycles. The molecule has 3 aromatic rings. The number of nitro groups is 1. The number of fused-ring (bicyclic) bond motifs is 1. The first-order valence-corrected chi connectivity index (χ1v) is 8.01. The Morgan fingerprint density at radius 3 is 2.88 bits per heavy atom. The highest BCUT2D eigenvalue weighted by Crippen LogP contribution is 2.21. The molecule has 0 saturated heterocycles. The van der Waals surface area contributed by atoms with E-state index < -0.39 is 11.0 Å². The summed E-state index contributed by atoms with van der Waals surface area (Å²) in [6, 6.07) is 11.8. The molecule has 0 aliphatic heterocycles. The molecule has 0 spiro atoms. The van der Waals surface area contributed by atoms with E-state index in [1.54, 1.807) is 18.3 Å². The Morgan fingerprint density at radius 1 is 1.32 bits per heavy atom. The van der Waals surface area contributed by atoms with Crippen LogP contribution < -0.4 is 0 Å². The number of benzene rings is 2. The number of aliphatic hydroxyl groups excluding tert-OH is 1. The molecule has 0 unspecified atom stereocenters. The summed E-state index contributed by atoms with van der Waals surface area (Å²) in [5.74, 6) is 0. The Labute approximate surface area is 148 Å². The lowest BCUT2D eigenvalue weighted by Crippen LogP contribution is -2.22. The minimum atomic E-state index is -0.801. The first kappa shape index (κ1) is 17.3. The second-order valence-electron chi connectivity index (χ2n) is 5.59. The second-order valence-corrected chi connectivity index (χ2v) is 5.99. The molecule has 0 aliphatic rings. The maximum absolute atomic E-state index is 10.9. The molecule has 0 saturated carbocycles. The molecular formula is C17H16ClN3O4. The third-order valence-corrected chi connectivity index (χ3v) is 4.12. The van der Waals surface area contributed by atoms with E-state index in [1.807, 2.05) is 18.2 Å². The fourth-order valence-electron chi connectivity index (χ4n) is 2.49. The molecule has 1 N–H and O–H groups in total. The largest absolute Gasteiger partial charge is 0.389 e. The lowest BCUT2D eigenvalue weighted by Gasteiger charge is -2.12. The molecule has 0 fully saturated rings. The van der Waals surface area contributed by atoms with Crippen molar-refractivity contribution in [1.82, 2.24) is 9.78 Å². The van der Waals surface area contributed by atoms with Crippen LogP contribution in [0.1, 0.15) is 5.56 Å². The summed E-state index contributed by atoms with van der Waals surface area (Å²) < 4.78 is 7.03. The summed E-state index contributed by atoms with van der Waals surface area (Å²) in [4.78, 5) is 10.4. The van der Waals surface area contributed by atoms with Gasteiger partial charge in [-0.3, -0.25) is 14.8 Å². The number of nitrogens with zero attached hydrogens (tertiary/aromatic N) is 3. The molecule has 130 valence electrons. The van der Waals surface area contributed by atoms with Crippen molar-refractivity contribution in [2.24, 2.45) is 0 Å². The van der Waals surface area contributed by atoms with Gasteiger partial charge < -0.3 is 9.84 Å². The van der Waals surface area contributed by atoms with Gasteiger partial charge in [-0.1, -0.05) is 29.8 Å². The van der Waals surface area contributed by atoms with Gasteiger partial charge in [0.2, 0.25) is 0 Å². The molecule has 0 aliphatic carbocycles. The lowest BCUT2D eigenvalue weighted by molar-refractivity contribution is -0.384. The van der Waals surface area contributed by atoms with Crippen molar-refractivity contribution in [1.29, 1.82) is 0 Å². The number of non-ortho nitro benzene ring substituents is 1. The van der Waals surface area contributed by atoms with E-state index in [0.29, 0.717) is 17.1 Å². The number of nitro benzene ring substituents is 1. The van der Waals surface area contributed by atoms with Gasteiger partial charge in [0.25, 0.3) is 5.69 Å². The highest BCUT2D eigenvalue weighted by molar-refractivity contribution is 6.31. The van der Waals surface area contributed by atoms with Crippen molar-refractivity contribution in [2.45, 2.75) is 19.3 Å². The average molecular weight is 362 g/mol. The van der Waals surface area contributed by atoms with Gasteiger partial charge in [-0.05, 0) is 17.7 Å². The molecule has 1 atom stereocenters. The van der Waals surface area contributed by atoms with Gasteiger partial charge in [-0.15, -0.1) is 0 Å². The molecule has 1 aromatic heterocycles. The van der Waals surface area contributed by atoms with Crippen LogP contribution in [0.2, 0.25) is 5.02 Å². The minimum Gasteiger partial charge on any atom is -0.389 e. The predicted molar refractivity (Wildman–Crippen MR) is 93.5 cm³/mol. The van der Waals surface area contributed by atoms with Gasteiger partial charge in [0.15, 0.2) is 0 Å². The van der Waals surface area contributed by atoms with Crippen LogP contribution in [0.4, 0.5) is 5.69 Å². The zero-order valence-electron chi connectivity index (χ0n) is 13.2. The van der Waals surface area contributed by atoms with E-state index >= 15 is 0 Å². The highest BCUT2D eigenvalue weighted by Gasteiger charge is 2.13. The normalized spacial score (nSPS) is 12.4. The van der Waals surface area contributed by atoms with Crippen LogP contribution in [0.5, 0.6) is 0 Å². The van der Waals surface area contributed by atoms with Gasteiger partial charge in [-0.25, -0.2) is 0 Å². The number of halogens is 1. The summed E-state index contributed by atoms with van der Waals surface area (Å²) in [5.41, 5.74) is 1.43. The predicted octanol–water partition coefficient (Wildman–Crippen LogP) is 3.18.